The zero-order chi connectivity index (χ0) is 13.8. The summed E-state index contributed by atoms with van der Waals surface area (Å²) in [7, 11) is 1.63. The Labute approximate surface area is 129 Å². The van der Waals surface area contributed by atoms with Gasteiger partial charge in [0.25, 0.3) is 0 Å². The van der Waals surface area contributed by atoms with E-state index in [1.165, 1.54) is 6.07 Å². The number of halogens is 3. The first-order chi connectivity index (χ1) is 9.11. The van der Waals surface area contributed by atoms with Gasteiger partial charge < -0.3 is 4.74 Å². The van der Waals surface area contributed by atoms with Gasteiger partial charge in [-0.25, -0.2) is 4.39 Å². The molecule has 0 aromatic heterocycles. The minimum Gasteiger partial charge on any atom is -0.496 e. The number of methoxy groups -OCH3 is 1. The second-order valence-corrected chi connectivity index (χ2v) is 6.12. The van der Waals surface area contributed by atoms with Crippen LogP contribution >= 0.6 is 31.9 Å². The molecule has 2 aromatic rings. The molecule has 2 rings (SSSR count). The monoisotopic (exact) mass is 386 g/mol. The van der Waals surface area contributed by atoms with Crippen LogP contribution in [0.4, 0.5) is 4.39 Å². The van der Waals surface area contributed by atoms with Gasteiger partial charge >= 0.3 is 0 Å². The maximum Gasteiger partial charge on any atom is 0.133 e. The molecule has 1 atom stereocenters. The minimum atomic E-state index is -0.167. The van der Waals surface area contributed by atoms with E-state index in [4.69, 9.17) is 4.74 Å². The first kappa shape index (κ1) is 14.5. The molecular weight excluding hydrogens is 375 g/mol. The van der Waals surface area contributed by atoms with Gasteiger partial charge in [0, 0.05) is 4.83 Å². The fourth-order valence-electron chi connectivity index (χ4n) is 1.85. The van der Waals surface area contributed by atoms with Gasteiger partial charge in [-0.15, -0.1) is 0 Å². The van der Waals surface area contributed by atoms with Crippen molar-refractivity contribution < 1.29 is 9.13 Å². The van der Waals surface area contributed by atoms with Crippen molar-refractivity contribution in [1.29, 1.82) is 0 Å². The minimum absolute atomic E-state index is 0.0617. The van der Waals surface area contributed by atoms with E-state index >= 15 is 0 Å². The van der Waals surface area contributed by atoms with Crippen LogP contribution < -0.4 is 4.74 Å². The maximum atomic E-state index is 13.6. The number of alkyl halides is 1. The first-order valence-corrected chi connectivity index (χ1v) is 7.53. The Bertz CT molecular complexity index is 572. The van der Waals surface area contributed by atoms with Crippen molar-refractivity contribution >= 4 is 31.9 Å². The molecule has 1 nitrogen and oxygen atoms in total. The Morgan fingerprint density at radius 1 is 1.21 bits per heavy atom. The fraction of sp³-hybridized carbons (Fsp3) is 0.200. The van der Waals surface area contributed by atoms with Crippen LogP contribution in [0.25, 0.3) is 0 Å². The highest BCUT2D eigenvalue weighted by atomic mass is 79.9. The third-order valence-electron chi connectivity index (χ3n) is 2.89. The lowest BCUT2D eigenvalue weighted by Crippen LogP contribution is -1.98. The van der Waals surface area contributed by atoms with E-state index in [0.717, 1.165) is 15.8 Å². The van der Waals surface area contributed by atoms with Gasteiger partial charge in [-0.3, -0.25) is 0 Å². The predicted octanol–water partition coefficient (Wildman–Crippen LogP) is 5.28. The van der Waals surface area contributed by atoms with Gasteiger partial charge in [0.1, 0.15) is 11.6 Å². The lowest BCUT2D eigenvalue weighted by atomic mass is 10.0. The lowest BCUT2D eigenvalue weighted by molar-refractivity contribution is 0.412. The number of hydrogen-bond acceptors (Lipinski definition) is 1. The van der Waals surface area contributed by atoms with Crippen LogP contribution in [0.1, 0.15) is 16.0 Å². The molecule has 0 heterocycles. The zero-order valence-corrected chi connectivity index (χ0v) is 13.5. The van der Waals surface area contributed by atoms with Crippen molar-refractivity contribution in [3.63, 3.8) is 0 Å². The topological polar surface area (TPSA) is 9.23 Å². The van der Waals surface area contributed by atoms with Gasteiger partial charge in [-0.1, -0.05) is 40.2 Å². The molecule has 0 aliphatic rings. The molecule has 1 unspecified atom stereocenters. The summed E-state index contributed by atoms with van der Waals surface area (Å²) in [5.41, 5.74) is 1.78. The Kier molecular flexibility index (Phi) is 4.99. The lowest BCUT2D eigenvalue weighted by Gasteiger charge is -2.13. The summed E-state index contributed by atoms with van der Waals surface area (Å²) in [6, 6.07) is 12.7. The summed E-state index contributed by atoms with van der Waals surface area (Å²) in [5.74, 6) is 0.619. The summed E-state index contributed by atoms with van der Waals surface area (Å²) in [4.78, 5) is 0.0617. The molecule has 0 saturated heterocycles. The first-order valence-electron chi connectivity index (χ1n) is 5.82. The number of hydrogen-bond donors (Lipinski definition) is 0. The molecule has 0 radical (unpaired) electrons. The van der Waals surface area contributed by atoms with E-state index in [9.17, 15) is 4.39 Å². The Balaban J connectivity index is 2.18. The van der Waals surface area contributed by atoms with Gasteiger partial charge in [0.15, 0.2) is 0 Å². The molecule has 4 heteroatoms. The number of benzene rings is 2. The normalized spacial score (nSPS) is 12.2. The molecule has 0 N–H and O–H groups in total. The van der Waals surface area contributed by atoms with Gasteiger partial charge in [-0.05, 0) is 51.7 Å². The maximum absolute atomic E-state index is 13.6. The van der Waals surface area contributed by atoms with Crippen molar-refractivity contribution in [2.75, 3.05) is 7.11 Å². The predicted molar refractivity (Wildman–Crippen MR) is 82.5 cm³/mol. The van der Waals surface area contributed by atoms with Crippen LogP contribution in [0.2, 0.25) is 0 Å². The van der Waals surface area contributed by atoms with Crippen LogP contribution in [0.15, 0.2) is 46.9 Å². The fourth-order valence-corrected chi connectivity index (χ4v) is 3.04. The molecule has 0 fully saturated rings. The standard InChI is InChI=1S/C15H13Br2FO/c1-19-15-7-6-10(8-13(15)17)12(16)9-11-4-2-3-5-14(11)18/h2-8,12H,9H2,1H3. The molecule has 0 aliphatic carbocycles. The summed E-state index contributed by atoms with van der Waals surface area (Å²) in [6.45, 7) is 0. The van der Waals surface area contributed by atoms with E-state index in [0.29, 0.717) is 12.0 Å². The molecule has 0 spiro atoms. The van der Waals surface area contributed by atoms with Crippen molar-refractivity contribution in [2.45, 2.75) is 11.2 Å². The Morgan fingerprint density at radius 3 is 2.58 bits per heavy atom. The SMILES string of the molecule is COc1ccc(C(Br)Cc2ccccc2F)cc1Br. The summed E-state index contributed by atoms with van der Waals surface area (Å²) >= 11 is 7.06. The van der Waals surface area contributed by atoms with Gasteiger partial charge in [-0.2, -0.15) is 0 Å². The van der Waals surface area contributed by atoms with Crippen LogP contribution in [0, 0.1) is 5.82 Å². The third kappa shape index (κ3) is 3.57. The number of ether oxygens (including phenoxy) is 1. The average molecular weight is 388 g/mol. The molecule has 100 valence electrons. The highest BCUT2D eigenvalue weighted by Gasteiger charge is 2.13. The van der Waals surface area contributed by atoms with Crippen molar-refractivity contribution in [3.05, 3.63) is 63.9 Å². The van der Waals surface area contributed by atoms with E-state index in [1.54, 1.807) is 13.2 Å². The molecule has 0 amide bonds. The second-order valence-electron chi connectivity index (χ2n) is 4.16. The van der Waals surface area contributed by atoms with Crippen LogP contribution in [-0.2, 0) is 6.42 Å². The second kappa shape index (κ2) is 6.53. The van der Waals surface area contributed by atoms with E-state index < -0.39 is 0 Å². The molecule has 2 aromatic carbocycles. The van der Waals surface area contributed by atoms with Gasteiger partial charge in [0.2, 0.25) is 0 Å². The van der Waals surface area contributed by atoms with Crippen LogP contribution in [0.3, 0.4) is 0 Å². The number of rotatable bonds is 4. The highest BCUT2D eigenvalue weighted by Crippen LogP contribution is 2.33. The average Bonchev–Trinajstić information content (AvgIpc) is 2.41. The van der Waals surface area contributed by atoms with Crippen LogP contribution in [-0.4, -0.2) is 7.11 Å². The molecule has 19 heavy (non-hydrogen) atoms. The summed E-state index contributed by atoms with van der Waals surface area (Å²) in [6.07, 6.45) is 0.603. The highest BCUT2D eigenvalue weighted by molar-refractivity contribution is 9.10. The summed E-state index contributed by atoms with van der Waals surface area (Å²) < 4.78 is 19.7. The third-order valence-corrected chi connectivity index (χ3v) is 4.37. The van der Waals surface area contributed by atoms with Gasteiger partial charge in [0.05, 0.1) is 11.6 Å². The van der Waals surface area contributed by atoms with Crippen LogP contribution in [0.5, 0.6) is 5.75 Å². The van der Waals surface area contributed by atoms with Crippen molar-refractivity contribution in [1.82, 2.24) is 0 Å². The molecule has 0 bridgehead atoms. The Hall–Kier alpha value is -0.870. The summed E-state index contributed by atoms with van der Waals surface area (Å²) in [5, 5.41) is 0. The molecule has 0 saturated carbocycles. The van der Waals surface area contributed by atoms with E-state index in [1.807, 2.05) is 30.3 Å². The molecule has 0 aliphatic heterocycles. The quantitative estimate of drug-likeness (QED) is 0.649. The smallest absolute Gasteiger partial charge is 0.133 e. The van der Waals surface area contributed by atoms with E-state index in [2.05, 4.69) is 31.9 Å². The largest absolute Gasteiger partial charge is 0.496 e. The van der Waals surface area contributed by atoms with Crippen molar-refractivity contribution in [2.24, 2.45) is 0 Å². The zero-order valence-electron chi connectivity index (χ0n) is 10.4. The van der Waals surface area contributed by atoms with E-state index in [-0.39, 0.29) is 10.6 Å². The molecular formula is C15H13Br2FO. The Morgan fingerprint density at radius 2 is 1.95 bits per heavy atom. The van der Waals surface area contributed by atoms with Crippen molar-refractivity contribution in [3.8, 4) is 5.75 Å².